The number of methoxy groups -OCH3 is 2. The predicted octanol–water partition coefficient (Wildman–Crippen LogP) is 6.24. The number of rotatable bonds is 7. The molecule has 3 heteroatoms. The highest BCUT2D eigenvalue weighted by Gasteiger charge is 2.40. The lowest BCUT2D eigenvalue weighted by Crippen LogP contribution is -2.42. The fourth-order valence-electron chi connectivity index (χ4n) is 4.04. The van der Waals surface area contributed by atoms with Gasteiger partial charge < -0.3 is 9.47 Å². The Bertz CT molecular complexity index is 498. The van der Waals surface area contributed by atoms with Crippen LogP contribution in [0.2, 0.25) is 16.6 Å². The van der Waals surface area contributed by atoms with Crippen LogP contribution in [0.3, 0.4) is 0 Å². The van der Waals surface area contributed by atoms with Crippen molar-refractivity contribution in [2.75, 3.05) is 14.2 Å². The van der Waals surface area contributed by atoms with Crippen LogP contribution in [0.25, 0.3) is 6.08 Å². The van der Waals surface area contributed by atoms with Gasteiger partial charge in [-0.3, -0.25) is 0 Å². The standard InChI is InChI=1S/C20H34O2Si/c1-14(2)23(15(3)4,16(5)6)11-10-18-19(21-8)12-17(7)13-20(18)22-9/h10-16H,1-9H3/b11-10+. The van der Waals surface area contributed by atoms with E-state index in [2.05, 4.69) is 72.4 Å². The average molecular weight is 335 g/mol. The van der Waals surface area contributed by atoms with Crippen molar-refractivity contribution < 1.29 is 9.47 Å². The average Bonchev–Trinajstić information content (AvgIpc) is 2.46. The molecule has 0 radical (unpaired) electrons. The Labute approximate surface area is 143 Å². The van der Waals surface area contributed by atoms with Gasteiger partial charge in [0.1, 0.15) is 11.5 Å². The van der Waals surface area contributed by atoms with E-state index in [1.165, 1.54) is 0 Å². The van der Waals surface area contributed by atoms with Gasteiger partial charge in [0.25, 0.3) is 0 Å². The van der Waals surface area contributed by atoms with Gasteiger partial charge in [-0.2, -0.15) is 0 Å². The minimum atomic E-state index is -1.59. The second-order valence-corrected chi connectivity index (χ2v) is 13.2. The van der Waals surface area contributed by atoms with Crippen LogP contribution in [0.15, 0.2) is 17.8 Å². The Morgan fingerprint density at radius 2 is 1.22 bits per heavy atom. The molecular formula is C20H34O2Si. The zero-order valence-electron chi connectivity index (χ0n) is 16.4. The third-order valence-electron chi connectivity index (χ3n) is 5.23. The highest BCUT2D eigenvalue weighted by molar-refractivity contribution is 6.88. The molecule has 0 aliphatic carbocycles. The lowest BCUT2D eigenvalue weighted by atomic mass is 10.1. The summed E-state index contributed by atoms with van der Waals surface area (Å²) in [6.07, 6.45) is 2.25. The third kappa shape index (κ3) is 4.00. The molecule has 0 fully saturated rings. The molecule has 0 bridgehead atoms. The summed E-state index contributed by atoms with van der Waals surface area (Å²) >= 11 is 0. The molecule has 0 N–H and O–H groups in total. The monoisotopic (exact) mass is 334 g/mol. The lowest BCUT2D eigenvalue weighted by molar-refractivity contribution is 0.392. The molecule has 0 saturated heterocycles. The van der Waals surface area contributed by atoms with Gasteiger partial charge in [-0.15, -0.1) is 0 Å². The van der Waals surface area contributed by atoms with Crippen molar-refractivity contribution in [1.29, 1.82) is 0 Å². The maximum Gasteiger partial charge on any atom is 0.130 e. The number of hydrogen-bond acceptors (Lipinski definition) is 2. The highest BCUT2D eigenvalue weighted by Crippen LogP contribution is 2.43. The van der Waals surface area contributed by atoms with E-state index in [4.69, 9.17) is 9.47 Å². The molecule has 0 aromatic heterocycles. The maximum atomic E-state index is 5.60. The Morgan fingerprint density at radius 1 is 0.826 bits per heavy atom. The van der Waals surface area contributed by atoms with E-state index in [9.17, 15) is 0 Å². The molecule has 0 heterocycles. The van der Waals surface area contributed by atoms with E-state index in [-0.39, 0.29) is 0 Å². The van der Waals surface area contributed by atoms with E-state index in [0.29, 0.717) is 16.6 Å². The van der Waals surface area contributed by atoms with Crippen molar-refractivity contribution >= 4 is 14.1 Å². The second kappa shape index (κ2) is 8.05. The van der Waals surface area contributed by atoms with Crippen molar-refractivity contribution in [1.82, 2.24) is 0 Å². The lowest BCUT2D eigenvalue weighted by Gasteiger charge is -2.40. The Kier molecular flexibility index (Phi) is 6.94. The van der Waals surface area contributed by atoms with Gasteiger partial charge in [-0.25, -0.2) is 0 Å². The molecule has 0 amide bonds. The maximum absolute atomic E-state index is 5.60. The molecule has 1 aromatic rings. The van der Waals surface area contributed by atoms with E-state index in [1.807, 2.05) is 0 Å². The number of benzene rings is 1. The zero-order chi connectivity index (χ0) is 17.8. The summed E-state index contributed by atoms with van der Waals surface area (Å²) in [6, 6.07) is 4.15. The first-order valence-electron chi connectivity index (χ1n) is 8.62. The molecule has 0 atom stereocenters. The first-order valence-corrected chi connectivity index (χ1v) is 10.9. The Balaban J connectivity index is 3.46. The van der Waals surface area contributed by atoms with Crippen LogP contribution in [0.1, 0.15) is 52.7 Å². The molecular weight excluding hydrogens is 300 g/mol. The van der Waals surface area contributed by atoms with Crippen molar-refractivity contribution in [3.63, 3.8) is 0 Å². The van der Waals surface area contributed by atoms with Crippen molar-refractivity contribution in [3.8, 4) is 11.5 Å². The van der Waals surface area contributed by atoms with Crippen LogP contribution in [0.5, 0.6) is 11.5 Å². The summed E-state index contributed by atoms with van der Waals surface area (Å²) in [5.74, 6) is 1.77. The van der Waals surface area contributed by atoms with Gasteiger partial charge in [0.05, 0.1) is 27.9 Å². The summed E-state index contributed by atoms with van der Waals surface area (Å²) in [4.78, 5) is 0. The van der Waals surface area contributed by atoms with Gasteiger partial charge in [-0.1, -0.05) is 53.3 Å². The SMILES string of the molecule is COc1cc(C)cc(OC)c1/C=C/[Si](C(C)C)(C(C)C)C(C)C. The van der Waals surface area contributed by atoms with Gasteiger partial charge in [0.15, 0.2) is 0 Å². The van der Waals surface area contributed by atoms with Gasteiger partial charge in [0.2, 0.25) is 0 Å². The minimum Gasteiger partial charge on any atom is -0.496 e. The van der Waals surface area contributed by atoms with E-state index < -0.39 is 8.07 Å². The molecule has 1 rings (SSSR count). The molecule has 0 aliphatic rings. The van der Waals surface area contributed by atoms with Gasteiger partial charge in [0, 0.05) is 0 Å². The summed E-state index contributed by atoms with van der Waals surface area (Å²) < 4.78 is 11.2. The van der Waals surface area contributed by atoms with Crippen LogP contribution < -0.4 is 9.47 Å². The summed E-state index contributed by atoms with van der Waals surface area (Å²) in [5.41, 5.74) is 6.81. The predicted molar refractivity (Wildman–Crippen MR) is 104 cm³/mol. The summed E-state index contributed by atoms with van der Waals surface area (Å²) in [6.45, 7) is 16.3. The number of aryl methyl sites for hydroxylation is 1. The van der Waals surface area contributed by atoms with E-state index >= 15 is 0 Å². The molecule has 130 valence electrons. The normalized spacial score (nSPS) is 12.7. The largest absolute Gasteiger partial charge is 0.496 e. The zero-order valence-corrected chi connectivity index (χ0v) is 17.4. The number of hydrogen-bond donors (Lipinski definition) is 0. The van der Waals surface area contributed by atoms with Crippen LogP contribution in [0.4, 0.5) is 0 Å². The van der Waals surface area contributed by atoms with Crippen LogP contribution in [-0.2, 0) is 0 Å². The molecule has 2 nitrogen and oxygen atoms in total. The van der Waals surface area contributed by atoms with Crippen molar-refractivity contribution in [3.05, 3.63) is 29.0 Å². The topological polar surface area (TPSA) is 18.5 Å². The summed E-state index contributed by atoms with van der Waals surface area (Å²) in [5, 5.41) is 0. The van der Waals surface area contributed by atoms with E-state index in [1.54, 1.807) is 14.2 Å². The Hall–Kier alpha value is -1.22. The summed E-state index contributed by atoms with van der Waals surface area (Å²) in [7, 11) is 1.86. The molecule has 0 spiro atoms. The minimum absolute atomic E-state index is 0.696. The number of ether oxygens (including phenoxy) is 2. The second-order valence-electron chi connectivity index (χ2n) is 7.38. The van der Waals surface area contributed by atoms with Gasteiger partial charge in [-0.05, 0) is 41.2 Å². The first kappa shape index (κ1) is 19.8. The fourth-order valence-corrected chi connectivity index (χ4v) is 9.65. The first-order chi connectivity index (χ1) is 10.7. The van der Waals surface area contributed by atoms with Crippen molar-refractivity contribution in [2.24, 2.45) is 0 Å². The third-order valence-corrected chi connectivity index (χ3v) is 12.0. The van der Waals surface area contributed by atoms with E-state index in [0.717, 1.165) is 22.6 Å². The molecule has 23 heavy (non-hydrogen) atoms. The van der Waals surface area contributed by atoms with Crippen molar-refractivity contribution in [2.45, 2.75) is 65.1 Å². The quantitative estimate of drug-likeness (QED) is 0.549. The van der Waals surface area contributed by atoms with Crippen LogP contribution in [0, 0.1) is 6.92 Å². The smallest absolute Gasteiger partial charge is 0.130 e. The molecule has 1 aromatic carbocycles. The molecule has 0 saturated carbocycles. The highest BCUT2D eigenvalue weighted by atomic mass is 28.3. The van der Waals surface area contributed by atoms with Gasteiger partial charge >= 0.3 is 0 Å². The fraction of sp³-hybridized carbons (Fsp3) is 0.600. The molecule has 0 unspecified atom stereocenters. The van der Waals surface area contributed by atoms with Crippen LogP contribution >= 0.6 is 0 Å². The Morgan fingerprint density at radius 3 is 1.52 bits per heavy atom. The molecule has 0 aliphatic heterocycles. The van der Waals surface area contributed by atoms with Crippen LogP contribution in [-0.4, -0.2) is 22.3 Å².